The van der Waals surface area contributed by atoms with E-state index in [2.05, 4.69) is 44.5 Å². The highest BCUT2D eigenvalue weighted by Crippen LogP contribution is 2.23. The van der Waals surface area contributed by atoms with Crippen LogP contribution in [0.5, 0.6) is 5.75 Å². The summed E-state index contributed by atoms with van der Waals surface area (Å²) in [4.78, 5) is 21.5. The molecule has 3 aromatic rings. The van der Waals surface area contributed by atoms with Crippen LogP contribution in [0, 0.1) is 0 Å². The summed E-state index contributed by atoms with van der Waals surface area (Å²) >= 11 is 0. The van der Waals surface area contributed by atoms with Crippen LogP contribution >= 0.6 is 0 Å². The lowest BCUT2D eigenvalue weighted by atomic mass is 10.1. The van der Waals surface area contributed by atoms with Crippen molar-refractivity contribution in [1.29, 1.82) is 0 Å². The fraction of sp³-hybridized carbons (Fsp3) is 0.333. The summed E-state index contributed by atoms with van der Waals surface area (Å²) in [5, 5.41) is 6.85. The lowest BCUT2D eigenvalue weighted by molar-refractivity contribution is 0.224. The average Bonchev–Trinajstić information content (AvgIpc) is 2.80. The third-order valence-corrected chi connectivity index (χ3v) is 5.73. The number of methoxy groups -OCH3 is 1. The standard InChI is InChI=1S/C24H29N5O2/c1-18-17-28(15-16-29(18)19-7-9-20(31-2)10-8-19)14-13-26-24(30)27-23-11-12-25-22-6-4-3-5-21(22)23/h3-12,18H,13-17H2,1-2H3,(H2,25,26,27,30). The van der Waals surface area contributed by atoms with Crippen LogP contribution in [-0.4, -0.2) is 61.8 Å². The molecule has 2 aromatic carbocycles. The quantitative estimate of drug-likeness (QED) is 0.639. The van der Waals surface area contributed by atoms with Gasteiger partial charge in [-0.15, -0.1) is 0 Å². The topological polar surface area (TPSA) is 69.7 Å². The van der Waals surface area contributed by atoms with E-state index in [9.17, 15) is 4.79 Å². The Morgan fingerprint density at radius 2 is 1.94 bits per heavy atom. The molecule has 1 fully saturated rings. The Labute approximate surface area is 183 Å². The van der Waals surface area contributed by atoms with Crippen molar-refractivity contribution in [2.45, 2.75) is 13.0 Å². The second-order valence-corrected chi connectivity index (χ2v) is 7.80. The molecule has 0 aliphatic carbocycles. The van der Waals surface area contributed by atoms with E-state index in [-0.39, 0.29) is 6.03 Å². The Kier molecular flexibility index (Phi) is 6.52. The van der Waals surface area contributed by atoms with E-state index in [1.807, 2.05) is 42.5 Å². The SMILES string of the molecule is COc1ccc(N2CCN(CCNC(=O)Nc3ccnc4ccccc34)CC2C)cc1. The van der Waals surface area contributed by atoms with Crippen molar-refractivity contribution >= 4 is 28.3 Å². The van der Waals surface area contributed by atoms with Gasteiger partial charge in [-0.25, -0.2) is 4.79 Å². The van der Waals surface area contributed by atoms with E-state index in [0.29, 0.717) is 12.6 Å². The molecular weight excluding hydrogens is 390 g/mol. The zero-order valence-corrected chi connectivity index (χ0v) is 18.0. The minimum absolute atomic E-state index is 0.193. The second kappa shape index (κ2) is 9.66. The normalized spacial score (nSPS) is 16.8. The number of rotatable bonds is 6. The molecule has 1 aliphatic heterocycles. The molecule has 31 heavy (non-hydrogen) atoms. The van der Waals surface area contributed by atoms with Gasteiger partial charge in [0.15, 0.2) is 0 Å². The number of amides is 2. The van der Waals surface area contributed by atoms with Crippen molar-refractivity contribution in [3.63, 3.8) is 0 Å². The number of urea groups is 1. The van der Waals surface area contributed by atoms with Gasteiger partial charge in [0.25, 0.3) is 0 Å². The number of carbonyl (C=O) groups is 1. The predicted octanol–water partition coefficient (Wildman–Crippen LogP) is 3.58. The van der Waals surface area contributed by atoms with Crippen molar-refractivity contribution in [3.8, 4) is 5.75 Å². The van der Waals surface area contributed by atoms with Crippen molar-refractivity contribution in [1.82, 2.24) is 15.2 Å². The van der Waals surface area contributed by atoms with Crippen LogP contribution in [-0.2, 0) is 0 Å². The van der Waals surface area contributed by atoms with Crippen molar-refractivity contribution in [2.75, 3.05) is 50.1 Å². The van der Waals surface area contributed by atoms with Crippen LogP contribution in [0.1, 0.15) is 6.92 Å². The van der Waals surface area contributed by atoms with Crippen LogP contribution in [0.25, 0.3) is 10.9 Å². The lowest BCUT2D eigenvalue weighted by Gasteiger charge is -2.41. The van der Waals surface area contributed by atoms with Gasteiger partial charge in [-0.05, 0) is 43.3 Å². The predicted molar refractivity (Wildman–Crippen MR) is 125 cm³/mol. The van der Waals surface area contributed by atoms with Gasteiger partial charge in [0.2, 0.25) is 0 Å². The van der Waals surface area contributed by atoms with Gasteiger partial charge in [-0.3, -0.25) is 9.88 Å². The fourth-order valence-corrected chi connectivity index (χ4v) is 4.09. The number of fused-ring (bicyclic) bond motifs is 1. The van der Waals surface area contributed by atoms with Gasteiger partial charge >= 0.3 is 6.03 Å². The zero-order valence-electron chi connectivity index (χ0n) is 18.0. The van der Waals surface area contributed by atoms with Crippen molar-refractivity contribution in [3.05, 3.63) is 60.8 Å². The number of hydrogen-bond acceptors (Lipinski definition) is 5. The molecule has 1 atom stereocenters. The molecule has 1 aliphatic rings. The highest BCUT2D eigenvalue weighted by atomic mass is 16.5. The first kappa shape index (κ1) is 20.9. The van der Waals surface area contributed by atoms with Crippen LogP contribution in [0.4, 0.5) is 16.2 Å². The molecule has 0 saturated carbocycles. The van der Waals surface area contributed by atoms with Gasteiger partial charge in [-0.2, -0.15) is 0 Å². The molecule has 0 radical (unpaired) electrons. The molecule has 1 unspecified atom stereocenters. The van der Waals surface area contributed by atoms with Gasteiger partial charge in [0.1, 0.15) is 5.75 Å². The molecular formula is C24H29N5O2. The average molecular weight is 420 g/mol. The van der Waals surface area contributed by atoms with E-state index in [4.69, 9.17) is 4.74 Å². The number of ether oxygens (including phenoxy) is 1. The van der Waals surface area contributed by atoms with Crippen LogP contribution in [0.2, 0.25) is 0 Å². The number of carbonyl (C=O) groups excluding carboxylic acids is 1. The largest absolute Gasteiger partial charge is 0.497 e. The summed E-state index contributed by atoms with van der Waals surface area (Å²) in [5.74, 6) is 0.874. The van der Waals surface area contributed by atoms with Crippen LogP contribution in [0.15, 0.2) is 60.8 Å². The number of anilines is 2. The highest BCUT2D eigenvalue weighted by molar-refractivity contribution is 6.00. The van der Waals surface area contributed by atoms with Crippen molar-refractivity contribution < 1.29 is 9.53 Å². The third kappa shape index (κ3) is 5.06. The van der Waals surface area contributed by atoms with E-state index in [1.54, 1.807) is 13.3 Å². The van der Waals surface area contributed by atoms with Crippen LogP contribution < -0.4 is 20.3 Å². The molecule has 2 N–H and O–H groups in total. The second-order valence-electron chi connectivity index (χ2n) is 7.80. The van der Waals surface area contributed by atoms with Crippen molar-refractivity contribution in [2.24, 2.45) is 0 Å². The Balaban J connectivity index is 1.24. The summed E-state index contributed by atoms with van der Waals surface area (Å²) < 4.78 is 5.25. The molecule has 162 valence electrons. The molecule has 2 amide bonds. The van der Waals surface area contributed by atoms with E-state index >= 15 is 0 Å². The Morgan fingerprint density at radius 1 is 1.13 bits per heavy atom. The number of aromatic nitrogens is 1. The maximum Gasteiger partial charge on any atom is 0.319 e. The van der Waals surface area contributed by atoms with Gasteiger partial charge in [0.05, 0.1) is 18.3 Å². The lowest BCUT2D eigenvalue weighted by Crippen LogP contribution is -2.53. The maximum absolute atomic E-state index is 12.4. The monoisotopic (exact) mass is 419 g/mol. The molecule has 0 bridgehead atoms. The summed E-state index contributed by atoms with van der Waals surface area (Å²) in [6, 6.07) is 18.0. The number of piperazine rings is 1. The van der Waals surface area contributed by atoms with E-state index in [0.717, 1.165) is 48.5 Å². The van der Waals surface area contributed by atoms with Gasteiger partial charge in [-0.1, -0.05) is 18.2 Å². The zero-order chi connectivity index (χ0) is 21.6. The molecule has 4 rings (SSSR count). The minimum Gasteiger partial charge on any atom is -0.497 e. The van der Waals surface area contributed by atoms with Crippen LogP contribution in [0.3, 0.4) is 0 Å². The number of para-hydroxylation sites is 1. The third-order valence-electron chi connectivity index (χ3n) is 5.73. The molecule has 2 heterocycles. The first-order valence-electron chi connectivity index (χ1n) is 10.7. The summed E-state index contributed by atoms with van der Waals surface area (Å²) in [6.45, 7) is 6.56. The smallest absolute Gasteiger partial charge is 0.319 e. The maximum atomic E-state index is 12.4. The van der Waals surface area contributed by atoms with Gasteiger partial charge < -0.3 is 20.3 Å². The Morgan fingerprint density at radius 3 is 2.71 bits per heavy atom. The molecule has 7 nitrogen and oxygen atoms in total. The Hall–Kier alpha value is -3.32. The number of hydrogen-bond donors (Lipinski definition) is 2. The van der Waals surface area contributed by atoms with E-state index in [1.165, 1.54) is 5.69 Å². The molecule has 1 aromatic heterocycles. The summed E-state index contributed by atoms with van der Waals surface area (Å²) in [7, 11) is 1.68. The number of pyridine rings is 1. The summed E-state index contributed by atoms with van der Waals surface area (Å²) in [5.41, 5.74) is 2.85. The number of nitrogens with zero attached hydrogens (tertiary/aromatic N) is 3. The molecule has 0 spiro atoms. The molecule has 7 heteroatoms. The highest BCUT2D eigenvalue weighted by Gasteiger charge is 2.23. The first-order chi connectivity index (χ1) is 15.1. The van der Waals surface area contributed by atoms with Gasteiger partial charge in [0, 0.05) is 56.0 Å². The number of benzene rings is 2. The Bertz CT molecular complexity index is 1020. The fourth-order valence-electron chi connectivity index (χ4n) is 4.09. The molecule has 1 saturated heterocycles. The summed E-state index contributed by atoms with van der Waals surface area (Å²) in [6.07, 6.45) is 1.71. The first-order valence-corrected chi connectivity index (χ1v) is 10.7. The van der Waals surface area contributed by atoms with E-state index < -0.39 is 0 Å². The minimum atomic E-state index is -0.193. The number of nitrogens with one attached hydrogen (secondary N) is 2.